The van der Waals surface area contributed by atoms with E-state index in [9.17, 15) is 4.79 Å². The molecule has 1 atom stereocenters. The van der Waals surface area contributed by atoms with Gasteiger partial charge in [0.05, 0.1) is 17.8 Å². The Hall–Kier alpha value is -1.62. The second-order valence-corrected chi connectivity index (χ2v) is 4.52. The van der Waals surface area contributed by atoms with Crippen molar-refractivity contribution in [3.05, 3.63) is 29.4 Å². The van der Waals surface area contributed by atoms with Gasteiger partial charge in [-0.3, -0.25) is 4.79 Å². The first-order chi connectivity index (χ1) is 7.66. The fraction of sp³-hybridized carbons (Fsp3) is 0.273. The number of aromatic nitrogens is 2. The standard InChI is InChI=1S/C11H12N2O2S/c1-7(5-10(14)15)9-6-16-11(13-9)8-3-2-4-12-8/h2-4,6-7,12H,5H2,1H3,(H,14,15). The summed E-state index contributed by atoms with van der Waals surface area (Å²) in [6, 6.07) is 3.86. The van der Waals surface area contributed by atoms with Gasteiger partial charge in [-0.15, -0.1) is 11.3 Å². The zero-order valence-corrected chi connectivity index (χ0v) is 9.62. The van der Waals surface area contributed by atoms with Crippen molar-refractivity contribution in [2.45, 2.75) is 19.3 Å². The lowest BCUT2D eigenvalue weighted by molar-refractivity contribution is -0.137. The summed E-state index contributed by atoms with van der Waals surface area (Å²) in [5, 5.41) is 11.5. The highest BCUT2D eigenvalue weighted by Gasteiger charge is 2.14. The minimum absolute atomic E-state index is 0.0440. The van der Waals surface area contributed by atoms with Crippen LogP contribution in [-0.4, -0.2) is 21.0 Å². The minimum Gasteiger partial charge on any atom is -0.481 e. The van der Waals surface area contributed by atoms with Crippen molar-refractivity contribution in [2.24, 2.45) is 0 Å². The van der Waals surface area contributed by atoms with Gasteiger partial charge in [-0.1, -0.05) is 6.92 Å². The molecular formula is C11H12N2O2S. The summed E-state index contributed by atoms with van der Waals surface area (Å²) < 4.78 is 0. The first kappa shape index (κ1) is 10.9. The average molecular weight is 236 g/mol. The molecule has 0 aliphatic rings. The molecule has 0 saturated carbocycles. The van der Waals surface area contributed by atoms with Crippen LogP contribution in [0.1, 0.15) is 25.0 Å². The van der Waals surface area contributed by atoms with E-state index in [0.717, 1.165) is 16.4 Å². The molecule has 4 nitrogen and oxygen atoms in total. The quantitative estimate of drug-likeness (QED) is 0.857. The third kappa shape index (κ3) is 2.30. The molecule has 0 spiro atoms. The SMILES string of the molecule is CC(CC(=O)O)c1csc(-c2ccc[nH]2)n1. The molecule has 0 aliphatic heterocycles. The number of thiazole rings is 1. The van der Waals surface area contributed by atoms with Crippen LogP contribution in [0.25, 0.3) is 10.7 Å². The van der Waals surface area contributed by atoms with Gasteiger partial charge in [0.1, 0.15) is 5.01 Å². The van der Waals surface area contributed by atoms with E-state index in [1.165, 1.54) is 11.3 Å². The lowest BCUT2D eigenvalue weighted by Crippen LogP contribution is -2.02. The van der Waals surface area contributed by atoms with Gasteiger partial charge in [-0.2, -0.15) is 0 Å². The van der Waals surface area contributed by atoms with Crippen molar-refractivity contribution in [3.8, 4) is 10.7 Å². The Morgan fingerprint density at radius 3 is 3.12 bits per heavy atom. The summed E-state index contributed by atoms with van der Waals surface area (Å²) in [5.41, 5.74) is 1.82. The average Bonchev–Trinajstić information content (AvgIpc) is 2.87. The van der Waals surface area contributed by atoms with Crippen molar-refractivity contribution >= 4 is 17.3 Å². The predicted molar refractivity (Wildman–Crippen MR) is 62.6 cm³/mol. The maximum atomic E-state index is 10.6. The molecule has 5 heteroatoms. The van der Waals surface area contributed by atoms with E-state index in [1.54, 1.807) is 0 Å². The van der Waals surface area contributed by atoms with Crippen molar-refractivity contribution in [1.29, 1.82) is 0 Å². The number of nitrogens with zero attached hydrogens (tertiary/aromatic N) is 1. The highest BCUT2D eigenvalue weighted by molar-refractivity contribution is 7.13. The number of rotatable bonds is 4. The molecule has 0 aliphatic carbocycles. The predicted octanol–water partition coefficient (Wildman–Crippen LogP) is 2.72. The first-order valence-electron chi connectivity index (χ1n) is 4.98. The molecule has 2 N–H and O–H groups in total. The Balaban J connectivity index is 2.16. The number of carbonyl (C=O) groups is 1. The first-order valence-corrected chi connectivity index (χ1v) is 5.85. The molecule has 2 aromatic rings. The van der Waals surface area contributed by atoms with Crippen LogP contribution >= 0.6 is 11.3 Å². The van der Waals surface area contributed by atoms with Crippen LogP contribution in [0.15, 0.2) is 23.7 Å². The third-order valence-electron chi connectivity index (χ3n) is 2.34. The smallest absolute Gasteiger partial charge is 0.304 e. The molecule has 0 amide bonds. The summed E-state index contributed by atoms with van der Waals surface area (Å²) >= 11 is 1.53. The van der Waals surface area contributed by atoms with Gasteiger partial charge < -0.3 is 10.1 Å². The van der Waals surface area contributed by atoms with Crippen LogP contribution in [0.5, 0.6) is 0 Å². The van der Waals surface area contributed by atoms with Crippen LogP contribution in [0, 0.1) is 0 Å². The normalized spacial score (nSPS) is 12.6. The zero-order valence-electron chi connectivity index (χ0n) is 8.80. The Kier molecular flexibility index (Phi) is 3.05. The van der Waals surface area contributed by atoms with Crippen LogP contribution in [0.2, 0.25) is 0 Å². The highest BCUT2D eigenvalue weighted by atomic mass is 32.1. The number of carboxylic acid groups (broad SMARTS) is 1. The van der Waals surface area contributed by atoms with Crippen molar-refractivity contribution in [2.75, 3.05) is 0 Å². The summed E-state index contributed by atoms with van der Waals surface area (Å²) in [6.45, 7) is 1.88. The van der Waals surface area contributed by atoms with Gasteiger partial charge in [0.25, 0.3) is 0 Å². The van der Waals surface area contributed by atoms with E-state index in [-0.39, 0.29) is 12.3 Å². The summed E-state index contributed by atoms with van der Waals surface area (Å²) in [6.07, 6.45) is 1.96. The Bertz CT molecular complexity index is 476. The number of nitrogens with one attached hydrogen (secondary N) is 1. The number of aliphatic carboxylic acids is 1. The summed E-state index contributed by atoms with van der Waals surface area (Å²) in [7, 11) is 0. The lowest BCUT2D eigenvalue weighted by Gasteiger charge is -2.03. The van der Waals surface area contributed by atoms with Crippen molar-refractivity contribution in [1.82, 2.24) is 9.97 Å². The van der Waals surface area contributed by atoms with Gasteiger partial charge in [-0.25, -0.2) is 4.98 Å². The fourth-order valence-corrected chi connectivity index (χ4v) is 2.40. The molecule has 0 saturated heterocycles. The van der Waals surface area contributed by atoms with E-state index in [2.05, 4.69) is 9.97 Å². The van der Waals surface area contributed by atoms with E-state index in [4.69, 9.17) is 5.11 Å². The van der Waals surface area contributed by atoms with Crippen LogP contribution in [0.4, 0.5) is 0 Å². The van der Waals surface area contributed by atoms with Gasteiger partial charge in [0, 0.05) is 17.5 Å². The highest BCUT2D eigenvalue weighted by Crippen LogP contribution is 2.27. The van der Waals surface area contributed by atoms with Crippen LogP contribution < -0.4 is 0 Å². The minimum atomic E-state index is -0.790. The Morgan fingerprint density at radius 2 is 2.50 bits per heavy atom. The number of H-pyrrole nitrogens is 1. The molecule has 0 fully saturated rings. The van der Waals surface area contributed by atoms with E-state index >= 15 is 0 Å². The van der Waals surface area contributed by atoms with Crippen LogP contribution in [0.3, 0.4) is 0 Å². The van der Waals surface area contributed by atoms with Gasteiger partial charge in [-0.05, 0) is 12.1 Å². The molecule has 0 bridgehead atoms. The van der Waals surface area contributed by atoms with Crippen molar-refractivity contribution < 1.29 is 9.90 Å². The molecule has 0 aromatic carbocycles. The maximum Gasteiger partial charge on any atom is 0.304 e. The molecule has 1 unspecified atom stereocenters. The molecular weight excluding hydrogens is 224 g/mol. The molecule has 16 heavy (non-hydrogen) atoms. The lowest BCUT2D eigenvalue weighted by atomic mass is 10.1. The summed E-state index contributed by atoms with van der Waals surface area (Å²) in [5.74, 6) is -0.834. The van der Waals surface area contributed by atoms with Crippen LogP contribution in [-0.2, 0) is 4.79 Å². The molecule has 84 valence electrons. The number of carboxylic acids is 1. The topological polar surface area (TPSA) is 66.0 Å². The van der Waals surface area contributed by atoms with E-state index in [1.807, 2.05) is 30.6 Å². The zero-order chi connectivity index (χ0) is 11.5. The second-order valence-electron chi connectivity index (χ2n) is 3.66. The largest absolute Gasteiger partial charge is 0.481 e. The fourth-order valence-electron chi connectivity index (χ4n) is 1.47. The second kappa shape index (κ2) is 4.49. The van der Waals surface area contributed by atoms with Gasteiger partial charge in [0.2, 0.25) is 0 Å². The number of hydrogen-bond acceptors (Lipinski definition) is 3. The van der Waals surface area contributed by atoms with Gasteiger partial charge in [0.15, 0.2) is 0 Å². The summed E-state index contributed by atoms with van der Waals surface area (Å²) in [4.78, 5) is 18.1. The maximum absolute atomic E-state index is 10.6. The molecule has 2 rings (SSSR count). The van der Waals surface area contributed by atoms with E-state index < -0.39 is 5.97 Å². The Morgan fingerprint density at radius 1 is 1.69 bits per heavy atom. The van der Waals surface area contributed by atoms with E-state index in [0.29, 0.717) is 0 Å². The molecule has 2 heterocycles. The van der Waals surface area contributed by atoms with Crippen molar-refractivity contribution in [3.63, 3.8) is 0 Å². The molecule has 2 aromatic heterocycles. The monoisotopic (exact) mass is 236 g/mol. The third-order valence-corrected chi connectivity index (χ3v) is 3.23. The number of hydrogen-bond donors (Lipinski definition) is 2. The Labute approximate surface area is 97.0 Å². The van der Waals surface area contributed by atoms with Gasteiger partial charge >= 0.3 is 5.97 Å². The number of aromatic amines is 1. The molecule has 0 radical (unpaired) electrons.